The van der Waals surface area contributed by atoms with E-state index in [1.807, 2.05) is 29.2 Å². The Morgan fingerprint density at radius 1 is 1.13 bits per heavy atom. The molecule has 0 atom stereocenters. The Labute approximate surface area is 132 Å². The first-order chi connectivity index (χ1) is 11.0. The maximum atomic E-state index is 14.0. The largest absolute Gasteiger partial charge is 0.461 e. The second kappa shape index (κ2) is 4.72. The van der Waals surface area contributed by atoms with E-state index in [9.17, 15) is 8.78 Å². The Morgan fingerprint density at radius 2 is 1.91 bits per heavy atom. The number of benzene rings is 2. The fourth-order valence-electron chi connectivity index (χ4n) is 3.19. The average molecular weight is 314 g/mol. The molecule has 2 heterocycles. The summed E-state index contributed by atoms with van der Waals surface area (Å²) in [6.07, 6.45) is 1.38. The van der Waals surface area contributed by atoms with E-state index in [1.165, 1.54) is 12.3 Å². The van der Waals surface area contributed by atoms with E-state index in [2.05, 4.69) is 19.2 Å². The van der Waals surface area contributed by atoms with Gasteiger partial charge in [-0.1, -0.05) is 12.1 Å². The molecule has 5 heteroatoms. The molecule has 0 spiro atoms. The number of halogens is 2. The predicted octanol–water partition coefficient (Wildman–Crippen LogP) is 5.05. The first-order valence-electron chi connectivity index (χ1n) is 7.46. The summed E-state index contributed by atoms with van der Waals surface area (Å²) in [7, 11) is 0. The Bertz CT molecular complexity index is 901. The zero-order valence-corrected chi connectivity index (χ0v) is 12.9. The summed E-state index contributed by atoms with van der Waals surface area (Å²) in [6, 6.07) is 10.7. The number of hydrogen-bond acceptors (Lipinski definition) is 3. The summed E-state index contributed by atoms with van der Waals surface area (Å²) in [5.74, 6) is -1.85. The van der Waals surface area contributed by atoms with E-state index in [0.717, 1.165) is 11.4 Å². The lowest BCUT2D eigenvalue weighted by Crippen LogP contribution is -2.46. The molecular formula is C18H16F2N2O. The Balaban J connectivity index is 1.98. The number of nitrogens with one attached hydrogen (secondary N) is 1. The molecule has 1 aliphatic rings. The molecule has 3 aromatic rings. The second-order valence-corrected chi connectivity index (χ2v) is 6.47. The number of anilines is 3. The van der Waals surface area contributed by atoms with Crippen LogP contribution in [0.15, 0.2) is 47.1 Å². The van der Waals surface area contributed by atoms with Crippen LogP contribution in [-0.2, 0) is 0 Å². The van der Waals surface area contributed by atoms with Crippen molar-refractivity contribution < 1.29 is 13.2 Å². The third-order valence-corrected chi connectivity index (χ3v) is 4.13. The Hall–Kier alpha value is -2.56. The van der Waals surface area contributed by atoms with Crippen molar-refractivity contribution in [3.05, 3.63) is 54.3 Å². The van der Waals surface area contributed by atoms with E-state index in [-0.39, 0.29) is 11.1 Å². The molecule has 118 valence electrons. The predicted molar refractivity (Wildman–Crippen MR) is 87.3 cm³/mol. The number of fused-ring (bicyclic) bond motifs is 2. The maximum Gasteiger partial charge on any atom is 0.202 e. The number of hydrogen-bond donors (Lipinski definition) is 1. The molecule has 1 aliphatic heterocycles. The molecule has 0 aliphatic carbocycles. The van der Waals surface area contributed by atoms with Crippen LogP contribution in [0.2, 0.25) is 0 Å². The smallest absolute Gasteiger partial charge is 0.202 e. The molecule has 23 heavy (non-hydrogen) atoms. The van der Waals surface area contributed by atoms with Gasteiger partial charge >= 0.3 is 0 Å². The van der Waals surface area contributed by atoms with Gasteiger partial charge in [0.2, 0.25) is 5.82 Å². The van der Waals surface area contributed by atoms with Crippen LogP contribution in [0, 0.1) is 11.6 Å². The molecule has 0 unspecified atom stereocenters. The van der Waals surface area contributed by atoms with Gasteiger partial charge in [0.25, 0.3) is 0 Å². The van der Waals surface area contributed by atoms with Crippen molar-refractivity contribution in [1.29, 1.82) is 0 Å². The molecule has 0 saturated carbocycles. The van der Waals surface area contributed by atoms with Gasteiger partial charge in [0.1, 0.15) is 0 Å². The minimum absolute atomic E-state index is 0.0474. The van der Waals surface area contributed by atoms with Crippen LogP contribution in [-0.4, -0.2) is 12.1 Å². The van der Waals surface area contributed by atoms with Gasteiger partial charge < -0.3 is 14.6 Å². The highest BCUT2D eigenvalue weighted by atomic mass is 19.2. The lowest BCUT2D eigenvalue weighted by atomic mass is 9.98. The molecule has 3 nitrogen and oxygen atoms in total. The highest BCUT2D eigenvalue weighted by Gasteiger charge is 2.32. The van der Waals surface area contributed by atoms with Crippen molar-refractivity contribution in [2.45, 2.75) is 19.4 Å². The summed E-state index contributed by atoms with van der Waals surface area (Å²) in [6.45, 7) is 4.76. The van der Waals surface area contributed by atoms with Crippen molar-refractivity contribution in [3.8, 4) is 0 Å². The zero-order chi connectivity index (χ0) is 16.2. The molecule has 0 amide bonds. The summed E-state index contributed by atoms with van der Waals surface area (Å²) >= 11 is 0. The normalized spacial score (nSPS) is 16.3. The standard InChI is InChI=1S/C18H16F2N2O/c1-18(2)10-22(14-6-4-3-5-13(14)21-18)15-9-12(19)16(20)17-11(15)7-8-23-17/h3-9,21H,10H2,1-2H3. The second-order valence-electron chi connectivity index (χ2n) is 6.47. The summed E-state index contributed by atoms with van der Waals surface area (Å²) in [4.78, 5) is 2.01. The number of nitrogens with zero attached hydrogens (tertiary/aromatic N) is 1. The third-order valence-electron chi connectivity index (χ3n) is 4.13. The van der Waals surface area contributed by atoms with Crippen molar-refractivity contribution in [3.63, 3.8) is 0 Å². The van der Waals surface area contributed by atoms with Gasteiger partial charge in [-0.25, -0.2) is 4.39 Å². The van der Waals surface area contributed by atoms with Crippen LogP contribution in [0.1, 0.15) is 13.8 Å². The minimum atomic E-state index is -0.948. The monoisotopic (exact) mass is 314 g/mol. The Kier molecular flexibility index (Phi) is 2.88. The van der Waals surface area contributed by atoms with Crippen LogP contribution < -0.4 is 10.2 Å². The van der Waals surface area contributed by atoms with Crippen LogP contribution in [0.5, 0.6) is 0 Å². The molecule has 0 fully saturated rings. The van der Waals surface area contributed by atoms with E-state index in [1.54, 1.807) is 6.07 Å². The SMILES string of the molecule is CC1(C)CN(c2cc(F)c(F)c3occc23)c2ccccc2N1. The van der Waals surface area contributed by atoms with Crippen LogP contribution in [0.25, 0.3) is 11.0 Å². The van der Waals surface area contributed by atoms with Crippen molar-refractivity contribution in [2.24, 2.45) is 0 Å². The van der Waals surface area contributed by atoms with Crippen LogP contribution in [0.4, 0.5) is 25.8 Å². The topological polar surface area (TPSA) is 28.4 Å². The lowest BCUT2D eigenvalue weighted by molar-refractivity contribution is 0.491. The molecule has 0 radical (unpaired) electrons. The van der Waals surface area contributed by atoms with E-state index >= 15 is 0 Å². The summed E-state index contributed by atoms with van der Waals surface area (Å²) in [5.41, 5.74) is 2.24. The van der Waals surface area contributed by atoms with Gasteiger partial charge in [0.15, 0.2) is 11.4 Å². The molecule has 4 rings (SSSR count). The van der Waals surface area contributed by atoms with Crippen LogP contribution in [0.3, 0.4) is 0 Å². The zero-order valence-electron chi connectivity index (χ0n) is 12.9. The van der Waals surface area contributed by atoms with Gasteiger partial charge in [-0.15, -0.1) is 0 Å². The number of rotatable bonds is 1. The first kappa shape index (κ1) is 14.1. The van der Waals surface area contributed by atoms with Gasteiger partial charge in [-0.2, -0.15) is 4.39 Å². The summed E-state index contributed by atoms with van der Waals surface area (Å²) < 4.78 is 33.1. The minimum Gasteiger partial charge on any atom is -0.461 e. The highest BCUT2D eigenvalue weighted by molar-refractivity contribution is 5.96. The van der Waals surface area contributed by atoms with E-state index in [0.29, 0.717) is 17.6 Å². The lowest BCUT2D eigenvalue weighted by Gasteiger charge is -2.42. The molecular weight excluding hydrogens is 298 g/mol. The molecule has 0 bridgehead atoms. The Morgan fingerprint density at radius 3 is 2.74 bits per heavy atom. The van der Waals surface area contributed by atoms with Gasteiger partial charge in [-0.3, -0.25) is 0 Å². The molecule has 0 saturated heterocycles. The quantitative estimate of drug-likeness (QED) is 0.681. The number of furan rings is 1. The summed E-state index contributed by atoms with van der Waals surface area (Å²) in [5, 5.41) is 4.04. The average Bonchev–Trinajstić information content (AvgIpc) is 2.99. The van der Waals surface area contributed by atoms with Gasteiger partial charge in [0.05, 0.1) is 23.3 Å². The highest BCUT2D eigenvalue weighted by Crippen LogP contribution is 2.42. The molecule has 2 aromatic carbocycles. The molecule has 1 aromatic heterocycles. The fraction of sp³-hybridized carbons (Fsp3) is 0.222. The van der Waals surface area contributed by atoms with Crippen molar-refractivity contribution in [2.75, 3.05) is 16.8 Å². The van der Waals surface area contributed by atoms with E-state index < -0.39 is 11.6 Å². The van der Waals surface area contributed by atoms with E-state index in [4.69, 9.17) is 4.42 Å². The fourth-order valence-corrected chi connectivity index (χ4v) is 3.19. The first-order valence-corrected chi connectivity index (χ1v) is 7.46. The number of para-hydroxylation sites is 2. The third kappa shape index (κ3) is 2.15. The van der Waals surface area contributed by atoms with Gasteiger partial charge in [-0.05, 0) is 32.0 Å². The van der Waals surface area contributed by atoms with Crippen molar-refractivity contribution in [1.82, 2.24) is 0 Å². The maximum absolute atomic E-state index is 14.0. The van der Waals surface area contributed by atoms with Gasteiger partial charge in [0, 0.05) is 23.5 Å². The van der Waals surface area contributed by atoms with Crippen LogP contribution >= 0.6 is 0 Å². The van der Waals surface area contributed by atoms with Crippen molar-refractivity contribution >= 4 is 28.0 Å². The molecule has 1 N–H and O–H groups in total.